The number of nitrogens with one attached hydrogen (secondary N) is 1. The Morgan fingerprint density at radius 2 is 2.39 bits per heavy atom. The first-order valence-corrected chi connectivity index (χ1v) is 5.84. The Labute approximate surface area is 104 Å². The number of fused-ring (bicyclic) bond motifs is 3. The zero-order valence-corrected chi connectivity index (χ0v) is 10.1. The topological polar surface area (TPSA) is 67.9 Å². The standard InChI is InChI=1S/C13H13N3O2/c1-18-7-11(17)13-10-3-2-8-6-14-5-4-9(8)12(10)15-16-13/h4-6H,2-3,7H2,1H3,(H,15,16). The average Bonchev–Trinajstić information content (AvgIpc) is 2.83. The summed E-state index contributed by atoms with van der Waals surface area (Å²) in [6.07, 6.45) is 5.32. The Bertz CT molecular complexity index is 604. The largest absolute Gasteiger partial charge is 0.376 e. The van der Waals surface area contributed by atoms with Gasteiger partial charge in [0.2, 0.25) is 5.78 Å². The fourth-order valence-corrected chi connectivity index (χ4v) is 2.38. The molecule has 0 saturated heterocycles. The number of Topliss-reactive ketones (excluding diaryl/α,β-unsaturated/α-hetero) is 1. The number of aryl methyl sites for hydroxylation is 1. The fourth-order valence-electron chi connectivity index (χ4n) is 2.38. The van der Waals surface area contributed by atoms with Crippen molar-refractivity contribution in [1.82, 2.24) is 15.2 Å². The van der Waals surface area contributed by atoms with Gasteiger partial charge in [0.15, 0.2) is 0 Å². The van der Waals surface area contributed by atoms with Crippen LogP contribution in [0.3, 0.4) is 0 Å². The lowest BCUT2D eigenvalue weighted by molar-refractivity contribution is 0.0842. The quantitative estimate of drug-likeness (QED) is 0.827. The maximum absolute atomic E-state index is 11.9. The van der Waals surface area contributed by atoms with Gasteiger partial charge >= 0.3 is 0 Å². The Hall–Kier alpha value is -2.01. The van der Waals surface area contributed by atoms with Crippen molar-refractivity contribution < 1.29 is 9.53 Å². The molecule has 0 aliphatic heterocycles. The molecule has 5 nitrogen and oxygen atoms in total. The van der Waals surface area contributed by atoms with Crippen LogP contribution < -0.4 is 0 Å². The van der Waals surface area contributed by atoms with E-state index < -0.39 is 0 Å². The van der Waals surface area contributed by atoms with Crippen LogP contribution in [0.25, 0.3) is 11.3 Å². The maximum Gasteiger partial charge on any atom is 0.206 e. The number of aromatic amines is 1. The highest BCUT2D eigenvalue weighted by Gasteiger charge is 2.24. The normalized spacial score (nSPS) is 12.9. The lowest BCUT2D eigenvalue weighted by atomic mass is 9.90. The average molecular weight is 243 g/mol. The maximum atomic E-state index is 11.9. The molecule has 0 atom stereocenters. The molecule has 5 heteroatoms. The highest BCUT2D eigenvalue weighted by atomic mass is 16.5. The van der Waals surface area contributed by atoms with Crippen molar-refractivity contribution in [3.8, 4) is 11.3 Å². The van der Waals surface area contributed by atoms with Crippen LogP contribution in [0.1, 0.15) is 21.6 Å². The molecule has 2 heterocycles. The van der Waals surface area contributed by atoms with Crippen LogP contribution in [-0.4, -0.2) is 34.7 Å². The van der Waals surface area contributed by atoms with E-state index in [1.54, 1.807) is 6.20 Å². The predicted octanol–water partition coefficient (Wildman–Crippen LogP) is 1.40. The molecule has 0 fully saturated rings. The molecule has 92 valence electrons. The molecule has 0 amide bonds. The van der Waals surface area contributed by atoms with Crippen LogP contribution in [0, 0.1) is 0 Å². The van der Waals surface area contributed by atoms with E-state index in [2.05, 4.69) is 15.2 Å². The van der Waals surface area contributed by atoms with Gasteiger partial charge < -0.3 is 4.74 Å². The van der Waals surface area contributed by atoms with Crippen molar-refractivity contribution in [3.63, 3.8) is 0 Å². The van der Waals surface area contributed by atoms with Crippen LogP contribution in [0.2, 0.25) is 0 Å². The van der Waals surface area contributed by atoms with Crippen LogP contribution in [0.5, 0.6) is 0 Å². The highest BCUT2D eigenvalue weighted by molar-refractivity contribution is 5.98. The summed E-state index contributed by atoms with van der Waals surface area (Å²) in [4.78, 5) is 16.0. The van der Waals surface area contributed by atoms with E-state index in [1.807, 2.05) is 12.3 Å². The Morgan fingerprint density at radius 3 is 3.22 bits per heavy atom. The van der Waals surface area contributed by atoms with Crippen LogP contribution >= 0.6 is 0 Å². The molecule has 0 aromatic carbocycles. The molecule has 18 heavy (non-hydrogen) atoms. The van der Waals surface area contributed by atoms with Gasteiger partial charge in [-0.15, -0.1) is 0 Å². The first kappa shape index (κ1) is 11.1. The summed E-state index contributed by atoms with van der Waals surface area (Å²) in [7, 11) is 1.52. The molecular weight excluding hydrogens is 230 g/mol. The fraction of sp³-hybridized carbons (Fsp3) is 0.308. The van der Waals surface area contributed by atoms with Gasteiger partial charge in [0.25, 0.3) is 0 Å². The smallest absolute Gasteiger partial charge is 0.206 e. The summed E-state index contributed by atoms with van der Waals surface area (Å²) in [5.41, 5.74) is 4.70. The molecule has 1 aliphatic rings. The summed E-state index contributed by atoms with van der Waals surface area (Å²) in [5.74, 6) is -0.0521. The lowest BCUT2D eigenvalue weighted by Gasteiger charge is -2.14. The number of hydrogen-bond acceptors (Lipinski definition) is 4. The zero-order chi connectivity index (χ0) is 12.5. The highest BCUT2D eigenvalue weighted by Crippen LogP contribution is 2.32. The minimum atomic E-state index is -0.0521. The number of ketones is 1. The Kier molecular flexibility index (Phi) is 2.68. The second-order valence-corrected chi connectivity index (χ2v) is 4.31. The first-order valence-electron chi connectivity index (χ1n) is 5.84. The van der Waals surface area contributed by atoms with Crippen molar-refractivity contribution in [2.45, 2.75) is 12.8 Å². The molecule has 0 saturated carbocycles. The molecule has 2 aromatic heterocycles. The van der Waals surface area contributed by atoms with Crippen LogP contribution in [0.4, 0.5) is 0 Å². The molecule has 0 spiro atoms. The Morgan fingerprint density at radius 1 is 1.50 bits per heavy atom. The molecule has 2 aromatic rings. The monoisotopic (exact) mass is 243 g/mol. The number of hydrogen-bond donors (Lipinski definition) is 1. The molecule has 0 bridgehead atoms. The first-order chi connectivity index (χ1) is 8.81. The van der Waals surface area contributed by atoms with E-state index in [9.17, 15) is 4.79 Å². The van der Waals surface area contributed by atoms with Gasteiger partial charge in [-0.2, -0.15) is 5.10 Å². The van der Waals surface area contributed by atoms with Gasteiger partial charge in [0, 0.05) is 30.6 Å². The van der Waals surface area contributed by atoms with Crippen LogP contribution in [-0.2, 0) is 17.6 Å². The number of carbonyl (C=O) groups excluding carboxylic acids is 1. The van der Waals surface area contributed by atoms with Gasteiger partial charge in [-0.1, -0.05) is 0 Å². The third kappa shape index (κ3) is 1.64. The molecular formula is C13H13N3O2. The molecule has 3 rings (SSSR count). The van der Waals surface area contributed by atoms with Crippen molar-refractivity contribution in [2.75, 3.05) is 13.7 Å². The number of ether oxygens (including phenoxy) is 1. The van der Waals surface area contributed by atoms with Crippen molar-refractivity contribution in [1.29, 1.82) is 0 Å². The number of nitrogens with zero attached hydrogens (tertiary/aromatic N) is 2. The van der Waals surface area contributed by atoms with Gasteiger partial charge in [-0.3, -0.25) is 14.9 Å². The van der Waals surface area contributed by atoms with Gasteiger partial charge in [-0.25, -0.2) is 0 Å². The second kappa shape index (κ2) is 4.34. The molecule has 1 N–H and O–H groups in total. The third-order valence-electron chi connectivity index (χ3n) is 3.22. The summed E-state index contributed by atoms with van der Waals surface area (Å²) in [5, 5.41) is 7.11. The number of pyridine rings is 1. The van der Waals surface area contributed by atoms with Crippen molar-refractivity contribution in [2.24, 2.45) is 0 Å². The number of methoxy groups -OCH3 is 1. The number of carbonyl (C=O) groups is 1. The van der Waals surface area contributed by atoms with E-state index in [4.69, 9.17) is 4.74 Å². The summed E-state index contributed by atoms with van der Waals surface area (Å²) in [6.45, 7) is 0.0812. The van der Waals surface area contributed by atoms with Gasteiger partial charge in [0.05, 0.1) is 5.69 Å². The minimum absolute atomic E-state index is 0.0521. The Balaban J connectivity index is 2.07. The number of rotatable bonds is 3. The number of H-pyrrole nitrogens is 1. The van der Waals surface area contributed by atoms with E-state index in [0.717, 1.165) is 29.7 Å². The van der Waals surface area contributed by atoms with Crippen LogP contribution in [0.15, 0.2) is 18.5 Å². The zero-order valence-electron chi connectivity index (χ0n) is 10.1. The predicted molar refractivity (Wildman–Crippen MR) is 65.4 cm³/mol. The summed E-state index contributed by atoms with van der Waals surface area (Å²) < 4.78 is 4.88. The third-order valence-corrected chi connectivity index (χ3v) is 3.22. The molecule has 0 radical (unpaired) electrons. The second-order valence-electron chi connectivity index (χ2n) is 4.31. The van der Waals surface area contributed by atoms with E-state index in [0.29, 0.717) is 5.69 Å². The molecule has 0 unspecified atom stereocenters. The van der Waals surface area contributed by atoms with E-state index >= 15 is 0 Å². The van der Waals surface area contributed by atoms with E-state index in [-0.39, 0.29) is 12.4 Å². The minimum Gasteiger partial charge on any atom is -0.376 e. The van der Waals surface area contributed by atoms with Gasteiger partial charge in [-0.05, 0) is 24.5 Å². The number of aromatic nitrogens is 3. The van der Waals surface area contributed by atoms with Gasteiger partial charge in [0.1, 0.15) is 12.3 Å². The van der Waals surface area contributed by atoms with Crippen molar-refractivity contribution >= 4 is 5.78 Å². The van der Waals surface area contributed by atoms with Crippen molar-refractivity contribution in [3.05, 3.63) is 35.3 Å². The molecule has 1 aliphatic carbocycles. The SMILES string of the molecule is COCC(=O)c1[nH]nc2c1CCc1cnccc1-2. The summed E-state index contributed by atoms with van der Waals surface area (Å²) >= 11 is 0. The van der Waals surface area contributed by atoms with E-state index in [1.165, 1.54) is 12.7 Å². The lowest BCUT2D eigenvalue weighted by Crippen LogP contribution is -2.12. The summed E-state index contributed by atoms with van der Waals surface area (Å²) in [6, 6.07) is 1.94.